The summed E-state index contributed by atoms with van der Waals surface area (Å²) in [6.45, 7) is 0.497. The molecule has 0 saturated heterocycles. The lowest BCUT2D eigenvalue weighted by atomic mass is 9.68. The van der Waals surface area contributed by atoms with Crippen molar-refractivity contribution in [3.05, 3.63) is 58.9 Å². The van der Waals surface area contributed by atoms with E-state index in [1.165, 1.54) is 6.20 Å². The van der Waals surface area contributed by atoms with E-state index in [4.69, 9.17) is 17.3 Å². The molecule has 0 radical (unpaired) electrons. The summed E-state index contributed by atoms with van der Waals surface area (Å²) in [5.41, 5.74) is 7.38. The number of benzene rings is 1. The minimum absolute atomic E-state index is 0.0106. The van der Waals surface area contributed by atoms with Gasteiger partial charge in [0.15, 0.2) is 5.69 Å². The zero-order valence-electron chi connectivity index (χ0n) is 16.5. The number of carbonyl (C=O) groups is 2. The van der Waals surface area contributed by atoms with Gasteiger partial charge in [-0.25, -0.2) is 0 Å². The highest BCUT2D eigenvalue weighted by Crippen LogP contribution is 2.41. The van der Waals surface area contributed by atoms with Crippen molar-refractivity contribution in [2.24, 2.45) is 5.73 Å². The van der Waals surface area contributed by atoms with Crippen molar-refractivity contribution < 1.29 is 9.59 Å². The largest absolute Gasteiger partial charge is 0.358 e. The Hall–Kier alpha value is -2.51. The molecule has 0 aliphatic heterocycles. The molecule has 8 heteroatoms. The molecule has 1 fully saturated rings. The summed E-state index contributed by atoms with van der Waals surface area (Å²) in [7, 11) is 1.56. The van der Waals surface area contributed by atoms with Gasteiger partial charge in [0.05, 0.1) is 0 Å². The first kappa shape index (κ1) is 21.2. The second-order valence-corrected chi connectivity index (χ2v) is 7.88. The number of carbonyl (C=O) groups excluding carboxylic acids is 2. The van der Waals surface area contributed by atoms with Crippen LogP contribution in [-0.4, -0.2) is 53.1 Å². The third-order valence-corrected chi connectivity index (χ3v) is 6.06. The van der Waals surface area contributed by atoms with Gasteiger partial charge in [0, 0.05) is 36.3 Å². The molecule has 1 aromatic heterocycles. The number of halogens is 1. The molecule has 1 aliphatic carbocycles. The van der Waals surface area contributed by atoms with Crippen molar-refractivity contribution in [3.63, 3.8) is 0 Å². The summed E-state index contributed by atoms with van der Waals surface area (Å²) in [6, 6.07) is 11.0. The monoisotopic (exact) mass is 415 g/mol. The molecule has 0 bridgehead atoms. The molecule has 0 spiro atoms. The Labute approximate surface area is 175 Å². The fraction of sp³-hybridized carbons (Fsp3) is 0.429. The molecule has 2 amide bonds. The van der Waals surface area contributed by atoms with E-state index in [2.05, 4.69) is 21.6 Å². The molecule has 0 atom stereocenters. The lowest BCUT2D eigenvalue weighted by Crippen LogP contribution is -2.50. The zero-order valence-corrected chi connectivity index (χ0v) is 17.2. The molecule has 3 N–H and O–H groups in total. The second-order valence-electron chi connectivity index (χ2n) is 7.44. The number of hydrogen-bond acceptors (Lipinski definition) is 5. The number of amides is 2. The van der Waals surface area contributed by atoms with Crippen LogP contribution in [0.25, 0.3) is 0 Å². The van der Waals surface area contributed by atoms with Gasteiger partial charge >= 0.3 is 0 Å². The van der Waals surface area contributed by atoms with Gasteiger partial charge < -0.3 is 16.0 Å². The van der Waals surface area contributed by atoms with Gasteiger partial charge in [-0.15, -0.1) is 5.10 Å². The fourth-order valence-electron chi connectivity index (χ4n) is 4.06. The van der Waals surface area contributed by atoms with Crippen LogP contribution in [0.2, 0.25) is 5.02 Å². The fourth-order valence-corrected chi connectivity index (χ4v) is 4.25. The quantitative estimate of drug-likeness (QED) is 0.752. The van der Waals surface area contributed by atoms with Crippen LogP contribution in [0.5, 0.6) is 0 Å². The van der Waals surface area contributed by atoms with E-state index in [0.29, 0.717) is 11.6 Å². The van der Waals surface area contributed by atoms with Gasteiger partial charge in [0.25, 0.3) is 5.91 Å². The van der Waals surface area contributed by atoms with Crippen LogP contribution in [0.3, 0.4) is 0 Å². The third-order valence-electron chi connectivity index (χ3n) is 5.83. The van der Waals surface area contributed by atoms with Gasteiger partial charge in [-0.1, -0.05) is 23.7 Å². The van der Waals surface area contributed by atoms with E-state index in [-0.39, 0.29) is 35.5 Å². The lowest BCUT2D eigenvalue weighted by Gasteiger charge is -2.43. The Morgan fingerprint density at radius 1 is 1.28 bits per heavy atom. The second kappa shape index (κ2) is 9.33. The number of aromatic nitrogens is 2. The number of nitrogens with one attached hydrogen (secondary N) is 1. The highest BCUT2D eigenvalue weighted by molar-refractivity contribution is 6.30. The van der Waals surface area contributed by atoms with E-state index in [1.54, 1.807) is 24.1 Å². The van der Waals surface area contributed by atoms with Crippen LogP contribution < -0.4 is 11.1 Å². The molecular weight excluding hydrogens is 390 g/mol. The SMILES string of the molecule is CNC(=O)CN(C(=O)c1cccnn1)[C@H]1CC[C@](CN)(c2cccc(Cl)c2)CC1. The maximum Gasteiger partial charge on any atom is 0.275 e. The van der Waals surface area contributed by atoms with Gasteiger partial charge in [-0.3, -0.25) is 9.59 Å². The first-order valence-electron chi connectivity index (χ1n) is 9.74. The molecule has 0 unspecified atom stereocenters. The van der Waals surface area contributed by atoms with E-state index in [0.717, 1.165) is 31.2 Å². The molecule has 29 heavy (non-hydrogen) atoms. The normalized spacial score (nSPS) is 21.4. The number of likely N-dealkylation sites (N-methyl/N-ethyl adjacent to an activating group) is 1. The van der Waals surface area contributed by atoms with E-state index in [9.17, 15) is 9.59 Å². The number of hydrogen-bond donors (Lipinski definition) is 2. The first-order chi connectivity index (χ1) is 14.0. The van der Waals surface area contributed by atoms with Crippen molar-refractivity contribution in [2.75, 3.05) is 20.1 Å². The minimum Gasteiger partial charge on any atom is -0.358 e. The number of nitrogens with zero attached hydrogens (tertiary/aromatic N) is 3. The highest BCUT2D eigenvalue weighted by Gasteiger charge is 2.39. The Bertz CT molecular complexity index is 853. The van der Waals surface area contributed by atoms with Crippen LogP contribution in [0.4, 0.5) is 0 Å². The van der Waals surface area contributed by atoms with Crippen molar-refractivity contribution >= 4 is 23.4 Å². The average Bonchev–Trinajstić information content (AvgIpc) is 2.77. The van der Waals surface area contributed by atoms with E-state index in [1.807, 2.05) is 18.2 Å². The van der Waals surface area contributed by atoms with Crippen LogP contribution in [0.15, 0.2) is 42.6 Å². The van der Waals surface area contributed by atoms with E-state index < -0.39 is 0 Å². The van der Waals surface area contributed by atoms with Crippen LogP contribution in [0, 0.1) is 0 Å². The molecule has 1 aliphatic rings. The molecule has 3 rings (SSSR count). The van der Waals surface area contributed by atoms with Crippen LogP contribution >= 0.6 is 11.6 Å². The van der Waals surface area contributed by atoms with Crippen LogP contribution in [0.1, 0.15) is 41.7 Å². The third kappa shape index (κ3) is 4.74. The van der Waals surface area contributed by atoms with E-state index >= 15 is 0 Å². The standard InChI is InChI=1S/C21H26ClN5O2/c1-24-19(28)13-27(20(29)18-6-3-11-25-26-18)17-7-9-21(14-23,10-8-17)15-4-2-5-16(22)12-15/h2-6,11-12,17H,7-10,13-14,23H2,1H3,(H,24,28)/t17-,21-. The molecule has 1 saturated carbocycles. The van der Waals surface area contributed by atoms with Crippen molar-refractivity contribution in [1.82, 2.24) is 20.4 Å². The smallest absolute Gasteiger partial charge is 0.275 e. The summed E-state index contributed by atoms with van der Waals surface area (Å²) in [5, 5.41) is 11.0. The van der Waals surface area contributed by atoms with Gasteiger partial charge in [-0.2, -0.15) is 5.10 Å². The summed E-state index contributed by atoms with van der Waals surface area (Å²) >= 11 is 6.19. The van der Waals surface area contributed by atoms with Gasteiger partial charge in [-0.05, 0) is 55.5 Å². The number of nitrogens with two attached hydrogens (primary N) is 1. The van der Waals surface area contributed by atoms with Crippen molar-refractivity contribution in [1.29, 1.82) is 0 Å². The summed E-state index contributed by atoms with van der Waals surface area (Å²) in [4.78, 5) is 26.7. The summed E-state index contributed by atoms with van der Waals surface area (Å²) in [5.74, 6) is -0.498. The molecule has 1 heterocycles. The maximum absolute atomic E-state index is 13.0. The predicted molar refractivity (Wildman–Crippen MR) is 112 cm³/mol. The molecule has 7 nitrogen and oxygen atoms in total. The van der Waals surface area contributed by atoms with Gasteiger partial charge in [0.1, 0.15) is 6.54 Å². The highest BCUT2D eigenvalue weighted by atomic mass is 35.5. The first-order valence-corrected chi connectivity index (χ1v) is 10.1. The van der Waals surface area contributed by atoms with Crippen LogP contribution in [-0.2, 0) is 10.2 Å². The summed E-state index contributed by atoms with van der Waals surface area (Å²) < 4.78 is 0. The lowest BCUT2D eigenvalue weighted by molar-refractivity contribution is -0.121. The molecular formula is C21H26ClN5O2. The Morgan fingerprint density at radius 2 is 2.03 bits per heavy atom. The summed E-state index contributed by atoms with van der Waals surface area (Å²) in [6.07, 6.45) is 4.62. The van der Waals surface area contributed by atoms with Crippen molar-refractivity contribution in [3.8, 4) is 0 Å². The van der Waals surface area contributed by atoms with Crippen molar-refractivity contribution in [2.45, 2.75) is 37.1 Å². The average molecular weight is 416 g/mol. The maximum atomic E-state index is 13.0. The molecule has 1 aromatic carbocycles. The zero-order chi connectivity index (χ0) is 20.9. The topological polar surface area (TPSA) is 101 Å². The Morgan fingerprint density at radius 3 is 2.62 bits per heavy atom. The molecule has 154 valence electrons. The predicted octanol–water partition coefficient (Wildman–Crippen LogP) is 2.16. The minimum atomic E-state index is -0.283. The molecule has 2 aromatic rings. The number of rotatable bonds is 6. The van der Waals surface area contributed by atoms with Gasteiger partial charge in [0.2, 0.25) is 5.91 Å². The Balaban J connectivity index is 1.80. The Kier molecular flexibility index (Phi) is 6.82.